The summed E-state index contributed by atoms with van der Waals surface area (Å²) in [6.45, 7) is 4.46. The highest BCUT2D eigenvalue weighted by Crippen LogP contribution is 2.32. The summed E-state index contributed by atoms with van der Waals surface area (Å²) in [6, 6.07) is 10.4. The summed E-state index contributed by atoms with van der Waals surface area (Å²) >= 11 is 0. The van der Waals surface area contributed by atoms with Gasteiger partial charge in [0.1, 0.15) is 0 Å². The summed E-state index contributed by atoms with van der Waals surface area (Å²) in [4.78, 5) is 15.7. The van der Waals surface area contributed by atoms with E-state index in [1.165, 1.54) is 16.7 Å². The van der Waals surface area contributed by atoms with Crippen LogP contribution >= 0.6 is 0 Å². The van der Waals surface area contributed by atoms with E-state index in [2.05, 4.69) is 48.4 Å². The largest absolute Gasteiger partial charge is 0.326 e. The van der Waals surface area contributed by atoms with E-state index in [9.17, 15) is 4.79 Å². The number of carbonyl (C=O) groups excluding carboxylic acids is 1. The van der Waals surface area contributed by atoms with Crippen LogP contribution in [0.2, 0.25) is 0 Å². The second kappa shape index (κ2) is 6.78. The first kappa shape index (κ1) is 15.5. The van der Waals surface area contributed by atoms with Crippen LogP contribution < -0.4 is 5.32 Å². The molecule has 1 atom stereocenters. The van der Waals surface area contributed by atoms with Crippen molar-refractivity contribution < 1.29 is 4.79 Å². The van der Waals surface area contributed by atoms with E-state index < -0.39 is 0 Å². The minimum atomic E-state index is 0.110. The molecule has 0 fully saturated rings. The summed E-state index contributed by atoms with van der Waals surface area (Å²) < 4.78 is 0. The van der Waals surface area contributed by atoms with Crippen LogP contribution in [0.5, 0.6) is 0 Å². The van der Waals surface area contributed by atoms with Gasteiger partial charge in [-0.1, -0.05) is 26.0 Å². The van der Waals surface area contributed by atoms with Crippen LogP contribution in [-0.2, 0) is 11.2 Å². The number of pyridine rings is 1. The first-order valence-electron chi connectivity index (χ1n) is 8.22. The number of hydrogen-bond acceptors (Lipinski definition) is 2. The van der Waals surface area contributed by atoms with Gasteiger partial charge in [-0.3, -0.25) is 9.78 Å². The van der Waals surface area contributed by atoms with Gasteiger partial charge >= 0.3 is 0 Å². The maximum Gasteiger partial charge on any atom is 0.224 e. The second-order valence-corrected chi connectivity index (χ2v) is 6.12. The maximum absolute atomic E-state index is 11.5. The van der Waals surface area contributed by atoms with Crippen LogP contribution in [0.1, 0.15) is 43.4 Å². The van der Waals surface area contributed by atoms with E-state index in [1.54, 1.807) is 6.20 Å². The highest BCUT2D eigenvalue weighted by atomic mass is 16.1. The molecule has 1 aliphatic heterocycles. The van der Waals surface area contributed by atoms with Crippen LogP contribution in [0.3, 0.4) is 0 Å². The Morgan fingerprint density at radius 2 is 2.22 bits per heavy atom. The van der Waals surface area contributed by atoms with Crippen molar-refractivity contribution in [2.24, 2.45) is 5.92 Å². The first-order valence-corrected chi connectivity index (χ1v) is 8.22. The van der Waals surface area contributed by atoms with E-state index in [-0.39, 0.29) is 5.91 Å². The lowest BCUT2D eigenvalue weighted by atomic mass is 9.88. The predicted octanol–water partition coefficient (Wildman–Crippen LogP) is 4.55. The Morgan fingerprint density at radius 1 is 1.35 bits per heavy atom. The Balaban J connectivity index is 2.01. The molecule has 3 heteroatoms. The van der Waals surface area contributed by atoms with Crippen molar-refractivity contribution >= 4 is 23.2 Å². The van der Waals surface area contributed by atoms with Gasteiger partial charge in [-0.05, 0) is 65.3 Å². The SMILES string of the molecule is CCC(C)/C(=C/c1cccnc1)c1ccc2c(c1)CCC(=O)N2. The maximum atomic E-state index is 11.5. The number of aryl methyl sites for hydroxylation is 1. The van der Waals surface area contributed by atoms with Crippen molar-refractivity contribution in [2.75, 3.05) is 5.32 Å². The van der Waals surface area contributed by atoms with Crippen molar-refractivity contribution in [3.8, 4) is 0 Å². The van der Waals surface area contributed by atoms with Gasteiger partial charge in [0.15, 0.2) is 0 Å². The zero-order valence-corrected chi connectivity index (χ0v) is 13.7. The van der Waals surface area contributed by atoms with Gasteiger partial charge in [-0.25, -0.2) is 0 Å². The molecular formula is C20H22N2O. The molecule has 2 aromatic rings. The highest BCUT2D eigenvalue weighted by molar-refractivity contribution is 5.94. The number of amides is 1. The van der Waals surface area contributed by atoms with Crippen LogP contribution in [0.25, 0.3) is 11.6 Å². The summed E-state index contributed by atoms with van der Waals surface area (Å²) in [5.74, 6) is 0.574. The summed E-state index contributed by atoms with van der Waals surface area (Å²) in [7, 11) is 0. The van der Waals surface area contributed by atoms with E-state index in [4.69, 9.17) is 0 Å². The monoisotopic (exact) mass is 306 g/mol. The first-order chi connectivity index (χ1) is 11.2. The zero-order valence-electron chi connectivity index (χ0n) is 13.7. The molecule has 23 heavy (non-hydrogen) atoms. The number of hydrogen-bond donors (Lipinski definition) is 1. The number of nitrogens with one attached hydrogen (secondary N) is 1. The third-order valence-corrected chi connectivity index (χ3v) is 4.48. The zero-order chi connectivity index (χ0) is 16.2. The lowest BCUT2D eigenvalue weighted by Crippen LogP contribution is -2.19. The molecule has 3 nitrogen and oxygen atoms in total. The molecular weight excluding hydrogens is 284 g/mol. The van der Waals surface area contributed by atoms with Crippen molar-refractivity contribution in [1.29, 1.82) is 0 Å². The van der Waals surface area contributed by atoms with Crippen LogP contribution in [0.4, 0.5) is 5.69 Å². The topological polar surface area (TPSA) is 42.0 Å². The second-order valence-electron chi connectivity index (χ2n) is 6.12. The predicted molar refractivity (Wildman–Crippen MR) is 95.0 cm³/mol. The fraction of sp³-hybridized carbons (Fsp3) is 0.300. The molecule has 1 N–H and O–H groups in total. The number of allylic oxidation sites excluding steroid dienone is 1. The lowest BCUT2D eigenvalue weighted by Gasteiger charge is -2.20. The molecule has 1 aliphatic rings. The summed E-state index contributed by atoms with van der Waals surface area (Å²) in [5.41, 5.74) is 5.85. The van der Waals surface area contributed by atoms with E-state index in [0.717, 1.165) is 24.1 Å². The lowest BCUT2D eigenvalue weighted by molar-refractivity contribution is -0.116. The molecule has 3 rings (SSSR count). The van der Waals surface area contributed by atoms with Crippen LogP contribution in [-0.4, -0.2) is 10.9 Å². The standard InChI is InChI=1S/C20H22N2O/c1-3-14(2)18(11-15-5-4-10-21-13-15)16-6-8-19-17(12-16)7-9-20(23)22-19/h4-6,8,10-14H,3,7,9H2,1-2H3,(H,22,23)/b18-11-. The number of fused-ring (bicyclic) bond motifs is 1. The number of carbonyl (C=O) groups is 1. The van der Waals surface area contributed by atoms with Gasteiger partial charge in [0.2, 0.25) is 5.91 Å². The fourth-order valence-electron chi connectivity index (χ4n) is 2.93. The highest BCUT2D eigenvalue weighted by Gasteiger charge is 2.17. The van der Waals surface area contributed by atoms with Gasteiger partial charge in [0.25, 0.3) is 0 Å². The fourth-order valence-corrected chi connectivity index (χ4v) is 2.93. The molecule has 0 radical (unpaired) electrons. The molecule has 0 saturated carbocycles. The molecule has 1 aromatic carbocycles. The Hall–Kier alpha value is -2.42. The quantitative estimate of drug-likeness (QED) is 0.900. The Bertz CT molecular complexity index is 735. The number of anilines is 1. The molecule has 0 spiro atoms. The number of benzene rings is 1. The molecule has 2 heterocycles. The van der Waals surface area contributed by atoms with Gasteiger partial charge < -0.3 is 5.32 Å². The Morgan fingerprint density at radius 3 is 2.96 bits per heavy atom. The van der Waals surface area contributed by atoms with E-state index in [1.807, 2.05) is 18.3 Å². The summed E-state index contributed by atoms with van der Waals surface area (Å²) in [5, 5.41) is 2.95. The third kappa shape index (κ3) is 3.50. The molecule has 118 valence electrons. The van der Waals surface area contributed by atoms with Crippen molar-refractivity contribution in [3.63, 3.8) is 0 Å². The minimum Gasteiger partial charge on any atom is -0.326 e. The molecule has 0 bridgehead atoms. The van der Waals surface area contributed by atoms with Crippen molar-refractivity contribution in [3.05, 3.63) is 59.4 Å². The van der Waals surface area contributed by atoms with Crippen molar-refractivity contribution in [2.45, 2.75) is 33.1 Å². The minimum absolute atomic E-state index is 0.110. The van der Waals surface area contributed by atoms with Crippen molar-refractivity contribution in [1.82, 2.24) is 4.98 Å². The average molecular weight is 306 g/mol. The molecule has 1 amide bonds. The van der Waals surface area contributed by atoms with E-state index >= 15 is 0 Å². The Kier molecular flexibility index (Phi) is 4.56. The normalized spacial score (nSPS) is 15.7. The molecule has 0 aliphatic carbocycles. The average Bonchev–Trinajstić information content (AvgIpc) is 2.59. The molecule has 0 saturated heterocycles. The number of nitrogens with zero attached hydrogens (tertiary/aromatic N) is 1. The van der Waals surface area contributed by atoms with Gasteiger partial charge in [-0.15, -0.1) is 0 Å². The van der Waals surface area contributed by atoms with Gasteiger partial charge in [0, 0.05) is 24.5 Å². The number of aromatic nitrogens is 1. The third-order valence-electron chi connectivity index (χ3n) is 4.48. The van der Waals surface area contributed by atoms with E-state index in [0.29, 0.717) is 12.3 Å². The number of rotatable bonds is 4. The Labute approximate surface area is 137 Å². The molecule has 1 aromatic heterocycles. The van der Waals surface area contributed by atoms with Gasteiger partial charge in [-0.2, -0.15) is 0 Å². The molecule has 1 unspecified atom stereocenters. The smallest absolute Gasteiger partial charge is 0.224 e. The van der Waals surface area contributed by atoms with Gasteiger partial charge in [0.05, 0.1) is 0 Å². The summed E-state index contributed by atoms with van der Waals surface area (Å²) in [6.07, 6.45) is 8.38. The van der Waals surface area contributed by atoms with Crippen LogP contribution in [0.15, 0.2) is 42.7 Å². The van der Waals surface area contributed by atoms with Crippen LogP contribution in [0, 0.1) is 5.92 Å².